The Kier molecular flexibility index (Phi) is 4.82. The molecule has 166 valence electrons. The maximum atomic E-state index is 13.6. The van der Waals surface area contributed by atoms with E-state index < -0.39 is 5.54 Å². The summed E-state index contributed by atoms with van der Waals surface area (Å²) in [5.41, 5.74) is 5.80. The van der Waals surface area contributed by atoms with Crippen LogP contribution in [-0.2, 0) is 10.3 Å². The Balaban J connectivity index is 1.34. The van der Waals surface area contributed by atoms with Gasteiger partial charge in [0.15, 0.2) is 5.13 Å². The van der Waals surface area contributed by atoms with Crippen LogP contribution in [-0.4, -0.2) is 10.9 Å². The average molecular weight is 465 g/mol. The molecular formula is C28H22N3O2S+. The van der Waals surface area contributed by atoms with Crippen molar-refractivity contribution in [2.75, 3.05) is 5.32 Å². The fraction of sp³-hybridized carbons (Fsp3) is 0.214. The van der Waals surface area contributed by atoms with E-state index in [2.05, 4.69) is 39.6 Å². The first-order valence-electron chi connectivity index (χ1n) is 11.4. The van der Waals surface area contributed by atoms with Crippen LogP contribution in [0.3, 0.4) is 0 Å². The number of hydrogen-bond donors (Lipinski definition) is 2. The van der Waals surface area contributed by atoms with E-state index in [9.17, 15) is 9.70 Å². The largest absolute Gasteiger partial charge is 0.302 e. The van der Waals surface area contributed by atoms with E-state index in [1.165, 1.54) is 11.3 Å². The predicted molar refractivity (Wildman–Crippen MR) is 133 cm³/mol. The molecule has 0 spiro atoms. The molecule has 3 unspecified atom stereocenters. The van der Waals surface area contributed by atoms with E-state index in [0.717, 1.165) is 51.9 Å². The molecular weight excluding hydrogens is 442 g/mol. The molecule has 3 aromatic rings. The molecule has 2 aromatic carbocycles. The number of terminal acetylenes is 1. The number of carbonyl (C=O) groups excluding carboxylic acids is 1. The Morgan fingerprint density at radius 3 is 2.88 bits per heavy atom. The molecule has 4 aliphatic rings. The number of nitrogens with one attached hydrogen (secondary N) is 2. The lowest BCUT2D eigenvalue weighted by Gasteiger charge is -2.48. The smallest absolute Gasteiger partial charge is 0.258 e. The van der Waals surface area contributed by atoms with E-state index in [1.807, 2.05) is 47.8 Å². The molecule has 1 amide bonds. The third-order valence-electron chi connectivity index (χ3n) is 7.24. The van der Waals surface area contributed by atoms with Gasteiger partial charge in [0, 0.05) is 44.9 Å². The van der Waals surface area contributed by atoms with Crippen molar-refractivity contribution >= 4 is 22.4 Å². The number of thiazole rings is 1. The van der Waals surface area contributed by atoms with Gasteiger partial charge in [-0.1, -0.05) is 54.5 Å². The fourth-order valence-corrected chi connectivity index (χ4v) is 6.53. The van der Waals surface area contributed by atoms with Crippen molar-refractivity contribution in [3.8, 4) is 23.6 Å². The van der Waals surface area contributed by atoms with Crippen molar-refractivity contribution in [3.63, 3.8) is 0 Å². The second-order valence-electron chi connectivity index (χ2n) is 8.99. The van der Waals surface area contributed by atoms with Gasteiger partial charge < -0.3 is 5.32 Å². The van der Waals surface area contributed by atoms with Gasteiger partial charge in [0.25, 0.3) is 5.54 Å². The molecule has 5 nitrogen and oxygen atoms in total. The summed E-state index contributed by atoms with van der Waals surface area (Å²) >= 11 is 1.39. The van der Waals surface area contributed by atoms with Gasteiger partial charge in [0.2, 0.25) is 5.91 Å². The molecule has 1 aromatic heterocycles. The van der Waals surface area contributed by atoms with Crippen LogP contribution in [0.2, 0.25) is 0 Å². The molecule has 3 atom stereocenters. The second kappa shape index (κ2) is 7.89. The van der Waals surface area contributed by atoms with Crippen LogP contribution in [0.15, 0.2) is 77.2 Å². The molecule has 1 saturated carbocycles. The number of aromatic nitrogens is 1. The maximum absolute atomic E-state index is 13.6. The van der Waals surface area contributed by atoms with Crippen molar-refractivity contribution in [2.45, 2.75) is 30.7 Å². The molecule has 2 bridgehead atoms. The SMILES string of the molecule is C#Cc1cccc(-c2csc(NC(=O)C3CC4([NH+]=O)C5=CCCC=C5C3c3ccccc34)n2)c1. The Bertz CT molecular complexity index is 1440. The van der Waals surface area contributed by atoms with Gasteiger partial charge in [-0.05, 0) is 41.3 Å². The van der Waals surface area contributed by atoms with E-state index in [-0.39, 0.29) is 17.7 Å². The zero-order chi connectivity index (χ0) is 23.3. The highest BCUT2D eigenvalue weighted by molar-refractivity contribution is 7.14. The summed E-state index contributed by atoms with van der Waals surface area (Å²) in [6.45, 7) is 0. The third-order valence-corrected chi connectivity index (χ3v) is 8.00. The molecule has 0 aliphatic heterocycles. The molecule has 4 aliphatic carbocycles. The summed E-state index contributed by atoms with van der Waals surface area (Å²) in [5.74, 6) is 2.10. The summed E-state index contributed by atoms with van der Waals surface area (Å²) in [5, 5.41) is 7.87. The molecule has 0 radical (unpaired) electrons. The number of nitrogens with zero attached hydrogens (tertiary/aromatic N) is 1. The van der Waals surface area contributed by atoms with Crippen molar-refractivity contribution in [3.05, 3.63) is 98.8 Å². The first-order chi connectivity index (χ1) is 16.6. The summed E-state index contributed by atoms with van der Waals surface area (Å²) < 4.78 is 0. The number of anilines is 1. The van der Waals surface area contributed by atoms with Crippen LogP contribution in [0.25, 0.3) is 11.3 Å². The van der Waals surface area contributed by atoms with Gasteiger partial charge in [0.1, 0.15) is 0 Å². The van der Waals surface area contributed by atoms with Crippen molar-refractivity contribution < 1.29 is 9.97 Å². The lowest BCUT2D eigenvalue weighted by atomic mass is 9.53. The Morgan fingerprint density at radius 1 is 1.18 bits per heavy atom. The highest BCUT2D eigenvalue weighted by atomic mass is 32.1. The first kappa shape index (κ1) is 20.8. The Hall–Kier alpha value is -3.82. The second-order valence-corrected chi connectivity index (χ2v) is 9.85. The molecule has 6 heteroatoms. The van der Waals surface area contributed by atoms with Crippen molar-refractivity contribution in [2.24, 2.45) is 5.92 Å². The van der Waals surface area contributed by atoms with Gasteiger partial charge in [-0.3, -0.25) is 4.79 Å². The molecule has 7 rings (SSSR count). The van der Waals surface area contributed by atoms with Gasteiger partial charge in [0.05, 0.1) is 11.6 Å². The number of fused-ring (bicyclic) bond motifs is 1. The number of hydrogen-bond acceptors (Lipinski definition) is 4. The minimum absolute atomic E-state index is 0.0651. The Labute approximate surface area is 201 Å². The number of benzene rings is 2. The minimum atomic E-state index is -0.886. The van der Waals surface area contributed by atoms with Gasteiger partial charge in [-0.2, -0.15) is 0 Å². The van der Waals surface area contributed by atoms with Crippen LogP contribution in [0.1, 0.15) is 41.9 Å². The van der Waals surface area contributed by atoms with Gasteiger partial charge >= 0.3 is 0 Å². The Morgan fingerprint density at radius 2 is 2.03 bits per heavy atom. The van der Waals surface area contributed by atoms with Gasteiger partial charge in [-0.15, -0.1) is 17.8 Å². The van der Waals surface area contributed by atoms with Gasteiger partial charge in [-0.25, -0.2) is 4.98 Å². The normalized spacial score (nSPS) is 24.2. The summed E-state index contributed by atoms with van der Waals surface area (Å²) in [7, 11) is 0. The summed E-state index contributed by atoms with van der Waals surface area (Å²) in [6.07, 6.45) is 12.2. The highest BCUT2D eigenvalue weighted by Crippen LogP contribution is 2.59. The first-order valence-corrected chi connectivity index (χ1v) is 12.3. The molecule has 1 heterocycles. The lowest BCUT2D eigenvalue weighted by Crippen LogP contribution is -2.83. The third kappa shape index (κ3) is 3.01. The topological polar surface area (TPSA) is 73.0 Å². The monoisotopic (exact) mass is 464 g/mol. The van der Waals surface area contributed by atoms with Crippen molar-refractivity contribution in [1.82, 2.24) is 4.98 Å². The van der Waals surface area contributed by atoms with E-state index in [0.29, 0.717) is 11.6 Å². The number of allylic oxidation sites excluding steroid dienone is 2. The number of rotatable bonds is 4. The molecule has 2 N–H and O–H groups in total. The molecule has 0 saturated heterocycles. The quantitative estimate of drug-likeness (QED) is 0.568. The molecule has 1 fully saturated rings. The van der Waals surface area contributed by atoms with Crippen LogP contribution >= 0.6 is 11.3 Å². The fourth-order valence-electron chi connectivity index (χ4n) is 5.81. The van der Waals surface area contributed by atoms with Crippen molar-refractivity contribution in [1.29, 1.82) is 0 Å². The number of amides is 1. The summed E-state index contributed by atoms with van der Waals surface area (Å²) in [6, 6.07) is 15.6. The number of carbonyl (C=O) groups is 1. The average Bonchev–Trinajstić information content (AvgIpc) is 3.37. The van der Waals surface area contributed by atoms with Crippen LogP contribution in [0.4, 0.5) is 5.13 Å². The van der Waals surface area contributed by atoms with Crippen LogP contribution in [0.5, 0.6) is 0 Å². The number of nitroso groups, excluding NO2 is 1. The maximum Gasteiger partial charge on any atom is 0.258 e. The zero-order valence-corrected chi connectivity index (χ0v) is 19.2. The van der Waals surface area contributed by atoms with E-state index in [4.69, 9.17) is 6.42 Å². The molecule has 34 heavy (non-hydrogen) atoms. The van der Waals surface area contributed by atoms with E-state index >= 15 is 0 Å². The lowest BCUT2D eigenvalue weighted by molar-refractivity contribution is -0.577. The summed E-state index contributed by atoms with van der Waals surface area (Å²) in [4.78, 5) is 30.8. The van der Waals surface area contributed by atoms with Crippen LogP contribution in [0, 0.1) is 23.2 Å². The van der Waals surface area contributed by atoms with E-state index in [1.54, 1.807) is 0 Å². The minimum Gasteiger partial charge on any atom is -0.302 e. The predicted octanol–water partition coefficient (Wildman–Crippen LogP) is 4.24. The standard InChI is InChI=1S/C28H21N3O2S/c1-2-17-8-7-9-18(14-17)24-16-34-27(29-24)30-26(32)21-15-28(31-33)22-12-5-3-10-19(22)25(21)20-11-4-6-13-23(20)28/h1,3,5,7-14,16,21,25H,4,6,15H2,(H,29,30,32)/p+1. The van der Waals surface area contributed by atoms with Crippen LogP contribution < -0.4 is 10.5 Å². The zero-order valence-electron chi connectivity index (χ0n) is 18.4. The highest BCUT2D eigenvalue weighted by Gasteiger charge is 2.62.